The van der Waals surface area contributed by atoms with Gasteiger partial charge in [0.25, 0.3) is 5.52 Å². The molecule has 2 rings (SSSR count). The molecule has 0 saturated carbocycles. The standard InChI is InChI=1S/C6H5N3O2/c7-4-2-1-3-5-6(4)8-11-9(5)10/h1-3H,7H2. The topological polar surface area (TPSA) is 79.0 Å². The maximum atomic E-state index is 10.8. The Morgan fingerprint density at radius 1 is 1.55 bits per heavy atom. The number of rotatable bonds is 0. The van der Waals surface area contributed by atoms with Gasteiger partial charge in [-0.1, -0.05) is 6.07 Å². The lowest BCUT2D eigenvalue weighted by Gasteiger charge is -1.86. The predicted molar refractivity (Wildman–Crippen MR) is 37.4 cm³/mol. The Labute approximate surface area is 61.5 Å². The molecule has 0 bridgehead atoms. The van der Waals surface area contributed by atoms with Gasteiger partial charge in [-0.15, -0.1) is 0 Å². The molecule has 1 aromatic heterocycles. The first-order valence-corrected chi connectivity index (χ1v) is 3.03. The molecule has 0 aliphatic rings. The van der Waals surface area contributed by atoms with Gasteiger partial charge in [0.15, 0.2) is 0 Å². The Hall–Kier alpha value is -1.78. The average Bonchev–Trinajstić information content (AvgIpc) is 2.35. The van der Waals surface area contributed by atoms with Crippen molar-refractivity contribution in [3.63, 3.8) is 0 Å². The first-order chi connectivity index (χ1) is 5.29. The van der Waals surface area contributed by atoms with Crippen molar-refractivity contribution in [2.75, 3.05) is 5.73 Å². The summed E-state index contributed by atoms with van der Waals surface area (Å²) >= 11 is 0. The zero-order chi connectivity index (χ0) is 7.84. The molecule has 0 unspecified atom stereocenters. The zero-order valence-corrected chi connectivity index (χ0v) is 5.52. The van der Waals surface area contributed by atoms with Crippen molar-refractivity contribution >= 4 is 16.7 Å². The van der Waals surface area contributed by atoms with Crippen molar-refractivity contribution in [2.24, 2.45) is 0 Å². The smallest absolute Gasteiger partial charge is 0.271 e. The Balaban J connectivity index is 2.94. The van der Waals surface area contributed by atoms with Gasteiger partial charge in [0, 0.05) is 5.16 Å². The Bertz CT molecular complexity index is 396. The number of hydrogen-bond acceptors (Lipinski definition) is 4. The van der Waals surface area contributed by atoms with Crippen molar-refractivity contribution < 1.29 is 9.53 Å². The highest BCUT2D eigenvalue weighted by atomic mass is 16.8. The number of hydrogen-bond donors (Lipinski definition) is 1. The summed E-state index contributed by atoms with van der Waals surface area (Å²) < 4.78 is 4.33. The van der Waals surface area contributed by atoms with Gasteiger partial charge < -0.3 is 10.9 Å². The van der Waals surface area contributed by atoms with E-state index in [0.717, 1.165) is 0 Å². The van der Waals surface area contributed by atoms with E-state index < -0.39 is 0 Å². The third kappa shape index (κ3) is 0.706. The molecule has 2 aromatic rings. The fourth-order valence-electron chi connectivity index (χ4n) is 0.917. The molecule has 0 amide bonds. The highest BCUT2D eigenvalue weighted by Crippen LogP contribution is 2.13. The van der Waals surface area contributed by atoms with Crippen molar-refractivity contribution in [1.82, 2.24) is 5.16 Å². The fraction of sp³-hybridized carbons (Fsp3) is 0. The summed E-state index contributed by atoms with van der Waals surface area (Å²) in [6, 6.07) is 4.92. The van der Waals surface area contributed by atoms with Gasteiger partial charge in [0.05, 0.1) is 5.69 Å². The first kappa shape index (κ1) is 5.96. The van der Waals surface area contributed by atoms with Crippen LogP contribution in [0.5, 0.6) is 0 Å². The van der Waals surface area contributed by atoms with Gasteiger partial charge in [0.1, 0.15) is 0 Å². The summed E-state index contributed by atoms with van der Waals surface area (Å²) in [5, 5.41) is 14.2. The van der Waals surface area contributed by atoms with Crippen molar-refractivity contribution in [3.05, 3.63) is 23.4 Å². The minimum Gasteiger partial charge on any atom is -0.395 e. The maximum absolute atomic E-state index is 10.8. The molecule has 11 heavy (non-hydrogen) atoms. The molecular formula is C6H5N3O2. The Morgan fingerprint density at radius 2 is 2.36 bits per heavy atom. The number of nitrogens with zero attached hydrogens (tertiary/aromatic N) is 2. The second-order valence-electron chi connectivity index (χ2n) is 2.15. The summed E-state index contributed by atoms with van der Waals surface area (Å²) in [7, 11) is 0. The zero-order valence-electron chi connectivity index (χ0n) is 5.52. The van der Waals surface area contributed by atoms with E-state index in [0.29, 0.717) is 21.6 Å². The fourth-order valence-corrected chi connectivity index (χ4v) is 0.917. The minimum atomic E-state index is 0.325. The normalized spacial score (nSPS) is 10.5. The largest absolute Gasteiger partial charge is 0.395 e. The van der Waals surface area contributed by atoms with E-state index in [9.17, 15) is 5.21 Å². The van der Waals surface area contributed by atoms with Crippen LogP contribution in [0.1, 0.15) is 0 Å². The molecular weight excluding hydrogens is 146 g/mol. The second kappa shape index (κ2) is 1.85. The molecule has 2 N–H and O–H groups in total. The van der Waals surface area contributed by atoms with Crippen LogP contribution < -0.4 is 10.6 Å². The number of nitrogen functional groups attached to an aromatic ring is 1. The summed E-state index contributed by atoms with van der Waals surface area (Å²) in [4.78, 5) is 0.325. The molecule has 56 valence electrons. The van der Waals surface area contributed by atoms with Crippen LogP contribution in [0, 0.1) is 5.21 Å². The van der Waals surface area contributed by atoms with Crippen LogP contribution in [0.4, 0.5) is 5.69 Å². The van der Waals surface area contributed by atoms with Crippen LogP contribution in [0.3, 0.4) is 0 Å². The monoisotopic (exact) mass is 151 g/mol. The van der Waals surface area contributed by atoms with Crippen molar-refractivity contribution in [2.45, 2.75) is 0 Å². The molecule has 1 heterocycles. The van der Waals surface area contributed by atoms with Crippen LogP contribution in [-0.4, -0.2) is 5.16 Å². The molecule has 0 radical (unpaired) electrons. The van der Waals surface area contributed by atoms with Crippen LogP contribution in [-0.2, 0) is 0 Å². The lowest BCUT2D eigenvalue weighted by Crippen LogP contribution is -2.22. The Kier molecular flexibility index (Phi) is 1.00. The molecule has 0 fully saturated rings. The van der Waals surface area contributed by atoms with Crippen molar-refractivity contribution in [1.29, 1.82) is 0 Å². The van der Waals surface area contributed by atoms with E-state index in [2.05, 4.69) is 9.79 Å². The maximum Gasteiger partial charge on any atom is 0.271 e. The quantitative estimate of drug-likeness (QED) is 0.426. The lowest BCUT2D eigenvalue weighted by molar-refractivity contribution is -0.782. The van der Waals surface area contributed by atoms with Crippen LogP contribution in [0.25, 0.3) is 11.0 Å². The molecule has 0 aliphatic heterocycles. The number of fused-ring (bicyclic) bond motifs is 1. The van der Waals surface area contributed by atoms with E-state index in [1.165, 1.54) is 0 Å². The Morgan fingerprint density at radius 3 is 3.09 bits per heavy atom. The van der Waals surface area contributed by atoms with Gasteiger partial charge in [-0.05, 0) is 17.0 Å². The van der Waals surface area contributed by atoms with Crippen LogP contribution in [0.15, 0.2) is 22.8 Å². The highest BCUT2D eigenvalue weighted by Gasteiger charge is 2.10. The summed E-state index contributed by atoms with van der Waals surface area (Å²) in [6.07, 6.45) is 0. The molecule has 1 aromatic carbocycles. The third-order valence-corrected chi connectivity index (χ3v) is 1.45. The van der Waals surface area contributed by atoms with E-state index in [1.54, 1.807) is 18.2 Å². The molecule has 0 aliphatic carbocycles. The molecule has 0 saturated heterocycles. The van der Waals surface area contributed by atoms with E-state index in [4.69, 9.17) is 5.73 Å². The lowest BCUT2D eigenvalue weighted by atomic mass is 10.3. The van der Waals surface area contributed by atoms with Gasteiger partial charge in [-0.25, -0.2) is 0 Å². The van der Waals surface area contributed by atoms with Gasteiger partial charge in [0.2, 0.25) is 5.52 Å². The van der Waals surface area contributed by atoms with Crippen LogP contribution >= 0.6 is 0 Å². The number of benzene rings is 1. The minimum absolute atomic E-state index is 0.325. The molecule has 5 nitrogen and oxygen atoms in total. The molecule has 0 atom stereocenters. The summed E-state index contributed by atoms with van der Waals surface area (Å²) in [5.41, 5.74) is 6.70. The van der Waals surface area contributed by atoms with E-state index in [1.807, 2.05) is 0 Å². The highest BCUT2D eigenvalue weighted by molar-refractivity contribution is 5.83. The number of aromatic nitrogens is 2. The van der Waals surface area contributed by atoms with Gasteiger partial charge >= 0.3 is 0 Å². The first-order valence-electron chi connectivity index (χ1n) is 3.03. The van der Waals surface area contributed by atoms with Gasteiger partial charge in [-0.2, -0.15) is 0 Å². The SMILES string of the molecule is Nc1cccc2c1no[n+]2[O-]. The second-order valence-corrected chi connectivity index (χ2v) is 2.15. The van der Waals surface area contributed by atoms with Crippen molar-refractivity contribution in [3.8, 4) is 0 Å². The molecule has 0 spiro atoms. The number of nitrogens with two attached hydrogens (primary N) is 1. The summed E-state index contributed by atoms with van der Waals surface area (Å²) in [6.45, 7) is 0. The average molecular weight is 151 g/mol. The van der Waals surface area contributed by atoms with E-state index in [-0.39, 0.29) is 0 Å². The van der Waals surface area contributed by atoms with Gasteiger partial charge in [-0.3, -0.25) is 4.63 Å². The van der Waals surface area contributed by atoms with E-state index >= 15 is 0 Å². The van der Waals surface area contributed by atoms with Crippen LogP contribution in [0.2, 0.25) is 0 Å². The molecule has 5 heteroatoms. The number of anilines is 1. The predicted octanol–water partition coefficient (Wildman–Crippen LogP) is 0.0434. The third-order valence-electron chi connectivity index (χ3n) is 1.45. The summed E-state index contributed by atoms with van der Waals surface area (Å²) in [5.74, 6) is 0.